The van der Waals surface area contributed by atoms with Gasteiger partial charge in [-0.3, -0.25) is 4.79 Å². The number of ether oxygens (including phenoxy) is 1. The van der Waals surface area contributed by atoms with Gasteiger partial charge in [-0.1, -0.05) is 0 Å². The Morgan fingerprint density at radius 2 is 1.76 bits per heavy atom. The molecule has 1 heterocycles. The molecule has 8 nitrogen and oxygen atoms in total. The third-order valence-corrected chi connectivity index (χ3v) is 9.45. The first-order chi connectivity index (χ1) is 13.6. The van der Waals surface area contributed by atoms with Crippen molar-refractivity contribution in [3.63, 3.8) is 0 Å². The summed E-state index contributed by atoms with van der Waals surface area (Å²) in [6, 6.07) is 3.92. The number of sulfone groups is 1. The number of hydrogen-bond donors (Lipinski definition) is 0. The summed E-state index contributed by atoms with van der Waals surface area (Å²) in [6.45, 7) is 0.892. The van der Waals surface area contributed by atoms with Gasteiger partial charge in [0.15, 0.2) is 9.84 Å². The molecule has 29 heavy (non-hydrogen) atoms. The van der Waals surface area contributed by atoms with Crippen molar-refractivity contribution in [1.82, 2.24) is 9.21 Å². The average molecular weight is 445 g/mol. The number of carbonyl (C=O) groups excluding carboxylic acids is 1. The van der Waals surface area contributed by atoms with E-state index in [1.54, 1.807) is 7.05 Å². The number of benzene rings is 1. The quantitative estimate of drug-likeness (QED) is 0.659. The van der Waals surface area contributed by atoms with Crippen LogP contribution in [0.4, 0.5) is 0 Å². The van der Waals surface area contributed by atoms with Crippen LogP contribution in [0.1, 0.15) is 42.5 Å². The van der Waals surface area contributed by atoms with E-state index in [2.05, 4.69) is 0 Å². The highest BCUT2D eigenvalue weighted by molar-refractivity contribution is 7.91. The number of hydrogen-bond acceptors (Lipinski definition) is 6. The molecule has 2 aliphatic rings. The fraction of sp³-hybridized carbons (Fsp3) is 0.632. The predicted molar refractivity (Wildman–Crippen MR) is 109 cm³/mol. The molecule has 0 unspecified atom stereocenters. The van der Waals surface area contributed by atoms with Gasteiger partial charge in [0.25, 0.3) is 5.91 Å². The largest absolute Gasteiger partial charge is 0.495 e. The van der Waals surface area contributed by atoms with Crippen molar-refractivity contribution in [1.29, 1.82) is 0 Å². The van der Waals surface area contributed by atoms with Crippen molar-refractivity contribution in [2.45, 2.75) is 48.3 Å². The minimum Gasteiger partial charge on any atom is -0.495 e. The Balaban J connectivity index is 1.94. The summed E-state index contributed by atoms with van der Waals surface area (Å²) in [7, 11) is -4.09. The molecule has 0 radical (unpaired) electrons. The van der Waals surface area contributed by atoms with Crippen LogP contribution in [-0.4, -0.2) is 76.7 Å². The highest BCUT2D eigenvalue weighted by Crippen LogP contribution is 2.32. The molecule has 1 aliphatic heterocycles. The zero-order valence-electron chi connectivity index (χ0n) is 17.0. The van der Waals surface area contributed by atoms with Gasteiger partial charge >= 0.3 is 0 Å². The van der Waals surface area contributed by atoms with Gasteiger partial charge < -0.3 is 9.64 Å². The number of nitrogens with zero attached hydrogens (tertiary/aromatic N) is 2. The molecule has 1 aromatic carbocycles. The van der Waals surface area contributed by atoms with Crippen molar-refractivity contribution in [2.24, 2.45) is 0 Å². The third-order valence-electron chi connectivity index (χ3n) is 5.88. The highest BCUT2D eigenvalue weighted by Gasteiger charge is 2.39. The van der Waals surface area contributed by atoms with Crippen LogP contribution in [0, 0.1) is 0 Å². The van der Waals surface area contributed by atoms with Crippen LogP contribution >= 0.6 is 0 Å². The number of carbonyl (C=O) groups is 1. The average Bonchev–Trinajstić information content (AvgIpc) is 3.37. The number of sulfonamides is 1. The molecule has 0 spiro atoms. The highest BCUT2D eigenvalue weighted by atomic mass is 32.2. The lowest BCUT2D eigenvalue weighted by Crippen LogP contribution is -2.44. The van der Waals surface area contributed by atoms with Gasteiger partial charge in [0.2, 0.25) is 10.0 Å². The second-order valence-corrected chi connectivity index (χ2v) is 11.9. The molecule has 1 saturated heterocycles. The van der Waals surface area contributed by atoms with Crippen LogP contribution in [-0.2, 0) is 19.9 Å². The molecule has 0 bridgehead atoms. The van der Waals surface area contributed by atoms with Crippen LogP contribution in [0.2, 0.25) is 0 Å². The molecular formula is C19H28N2O6S2. The summed E-state index contributed by atoms with van der Waals surface area (Å²) in [5.74, 6) is -0.211. The molecule has 0 N–H and O–H groups in total. The molecule has 2 fully saturated rings. The van der Waals surface area contributed by atoms with E-state index in [1.165, 1.54) is 40.8 Å². The van der Waals surface area contributed by atoms with Crippen LogP contribution < -0.4 is 4.74 Å². The molecule has 1 aliphatic carbocycles. The Morgan fingerprint density at radius 3 is 2.34 bits per heavy atom. The molecule has 1 saturated carbocycles. The number of rotatable bonds is 6. The van der Waals surface area contributed by atoms with E-state index in [9.17, 15) is 21.6 Å². The maximum atomic E-state index is 13.1. The first-order valence-corrected chi connectivity index (χ1v) is 13.1. The normalized spacial score (nSPS) is 23.3. The van der Waals surface area contributed by atoms with Gasteiger partial charge in [-0.25, -0.2) is 16.8 Å². The minimum atomic E-state index is -3.77. The molecule has 10 heteroatoms. The first-order valence-electron chi connectivity index (χ1n) is 9.71. The zero-order chi connectivity index (χ0) is 21.4. The van der Waals surface area contributed by atoms with Crippen molar-refractivity contribution >= 4 is 25.8 Å². The van der Waals surface area contributed by atoms with E-state index >= 15 is 0 Å². The van der Waals surface area contributed by atoms with Gasteiger partial charge in [-0.05, 0) is 50.3 Å². The summed E-state index contributed by atoms with van der Waals surface area (Å²) < 4.78 is 56.9. The topological polar surface area (TPSA) is 101 Å². The molecule has 162 valence electrons. The van der Waals surface area contributed by atoms with Gasteiger partial charge in [-0.2, -0.15) is 4.31 Å². The Labute approximate surface area is 172 Å². The third kappa shape index (κ3) is 4.29. The van der Waals surface area contributed by atoms with Gasteiger partial charge in [0, 0.05) is 38.0 Å². The predicted octanol–water partition coefficient (Wildman–Crippen LogP) is 1.52. The van der Waals surface area contributed by atoms with E-state index < -0.39 is 37.1 Å². The monoisotopic (exact) mass is 444 g/mol. The molecular weight excluding hydrogens is 416 g/mol. The summed E-state index contributed by atoms with van der Waals surface area (Å²) >= 11 is 0. The van der Waals surface area contributed by atoms with E-state index in [0.717, 1.165) is 19.3 Å². The number of methoxy groups -OCH3 is 1. The Morgan fingerprint density at radius 1 is 1.10 bits per heavy atom. The molecule has 2 atom stereocenters. The Bertz CT molecular complexity index is 984. The molecule has 3 rings (SSSR count). The molecule has 1 amide bonds. The number of amides is 1. The van der Waals surface area contributed by atoms with E-state index in [1.807, 2.05) is 0 Å². The zero-order valence-corrected chi connectivity index (χ0v) is 18.6. The van der Waals surface area contributed by atoms with Gasteiger partial charge in [0.05, 0.1) is 12.4 Å². The van der Waals surface area contributed by atoms with Crippen molar-refractivity contribution < 1.29 is 26.4 Å². The fourth-order valence-electron chi connectivity index (χ4n) is 4.28. The smallest absolute Gasteiger partial charge is 0.253 e. The van der Waals surface area contributed by atoms with Crippen LogP contribution in [0.5, 0.6) is 5.75 Å². The molecule has 0 aromatic heterocycles. The van der Waals surface area contributed by atoms with E-state index in [-0.39, 0.29) is 16.2 Å². The minimum absolute atomic E-state index is 0.0350. The summed E-state index contributed by atoms with van der Waals surface area (Å²) in [6.07, 6.45) is 4.67. The van der Waals surface area contributed by atoms with E-state index in [0.29, 0.717) is 25.9 Å². The van der Waals surface area contributed by atoms with Crippen molar-refractivity contribution in [3.05, 3.63) is 23.8 Å². The van der Waals surface area contributed by atoms with Gasteiger partial charge in [0.1, 0.15) is 10.6 Å². The first kappa shape index (κ1) is 22.0. The van der Waals surface area contributed by atoms with Crippen molar-refractivity contribution in [2.75, 3.05) is 33.5 Å². The maximum absolute atomic E-state index is 13.1. The Kier molecular flexibility index (Phi) is 6.26. The van der Waals surface area contributed by atoms with Crippen LogP contribution in [0.3, 0.4) is 0 Å². The summed E-state index contributed by atoms with van der Waals surface area (Å²) in [5, 5.41) is -0.595. The summed E-state index contributed by atoms with van der Waals surface area (Å²) in [5.41, 5.74) is 0.199. The lowest BCUT2D eigenvalue weighted by Gasteiger charge is -2.29. The Hall–Kier alpha value is -1.65. The lowest BCUT2D eigenvalue weighted by atomic mass is 10.1. The lowest BCUT2D eigenvalue weighted by molar-refractivity contribution is 0.0737. The molecule has 1 aromatic rings. The second kappa shape index (κ2) is 8.23. The van der Waals surface area contributed by atoms with E-state index in [4.69, 9.17) is 4.74 Å². The van der Waals surface area contributed by atoms with Crippen LogP contribution in [0.15, 0.2) is 23.1 Å². The second-order valence-electron chi connectivity index (χ2n) is 7.76. The standard InChI is InChI=1S/C19H28N2O6S2/c1-20(15-7-6-8-17(15)28(3,23)24)19(22)14-9-10-16(27-2)18(13-14)29(25,26)21-11-4-5-12-21/h9-10,13,15,17H,4-8,11-12H2,1-3H3/t15-,17+/m1/s1. The van der Waals surface area contributed by atoms with Gasteiger partial charge in [-0.15, -0.1) is 0 Å². The maximum Gasteiger partial charge on any atom is 0.253 e. The summed E-state index contributed by atoms with van der Waals surface area (Å²) in [4.78, 5) is 14.5. The van der Waals surface area contributed by atoms with Crippen molar-refractivity contribution in [3.8, 4) is 5.75 Å². The van der Waals surface area contributed by atoms with Crippen LogP contribution in [0.25, 0.3) is 0 Å². The SMILES string of the molecule is COc1ccc(C(=O)N(C)[C@@H]2CCC[C@@H]2S(C)(=O)=O)cc1S(=O)(=O)N1CCCC1. The fourth-order valence-corrected chi connectivity index (χ4v) is 7.46.